The average molecular weight is 335 g/mol. The third-order valence-corrected chi connectivity index (χ3v) is 4.52. The Balaban J connectivity index is 1.83. The number of nitrogens with one attached hydrogen (secondary N) is 1. The lowest BCUT2D eigenvalue weighted by Crippen LogP contribution is -2.27. The van der Waals surface area contributed by atoms with E-state index in [1.54, 1.807) is 42.5 Å². The summed E-state index contributed by atoms with van der Waals surface area (Å²) in [5, 5.41) is 2.73. The van der Waals surface area contributed by atoms with Crippen molar-refractivity contribution < 1.29 is 17.6 Å². The molecular formula is C17H18FNO3S. The van der Waals surface area contributed by atoms with Gasteiger partial charge >= 0.3 is 0 Å². The molecule has 0 atom stereocenters. The van der Waals surface area contributed by atoms with Crippen molar-refractivity contribution in [1.29, 1.82) is 0 Å². The van der Waals surface area contributed by atoms with Crippen molar-refractivity contribution in [3.63, 3.8) is 0 Å². The number of benzene rings is 2. The molecule has 4 nitrogen and oxygen atoms in total. The molecule has 23 heavy (non-hydrogen) atoms. The molecule has 6 heteroatoms. The second-order valence-electron chi connectivity index (χ2n) is 5.28. The summed E-state index contributed by atoms with van der Waals surface area (Å²) in [5.41, 5.74) is 1.28. The molecule has 0 saturated heterocycles. The Morgan fingerprint density at radius 3 is 2.35 bits per heavy atom. The lowest BCUT2D eigenvalue weighted by molar-refractivity contribution is -0.120. The van der Waals surface area contributed by atoms with Gasteiger partial charge in [0.1, 0.15) is 5.82 Å². The van der Waals surface area contributed by atoms with Crippen LogP contribution in [0.4, 0.5) is 4.39 Å². The topological polar surface area (TPSA) is 63.2 Å². The highest BCUT2D eigenvalue weighted by Gasteiger charge is 2.08. The number of hydrogen-bond acceptors (Lipinski definition) is 3. The summed E-state index contributed by atoms with van der Waals surface area (Å²) in [5.74, 6) is -0.637. The van der Waals surface area contributed by atoms with Gasteiger partial charge in [-0.05, 0) is 35.7 Å². The molecule has 2 aromatic rings. The van der Waals surface area contributed by atoms with Gasteiger partial charge in [-0.2, -0.15) is 0 Å². The van der Waals surface area contributed by atoms with Crippen LogP contribution < -0.4 is 5.32 Å². The minimum atomic E-state index is -3.20. The molecule has 2 rings (SSSR count). The molecule has 2 aromatic carbocycles. The van der Waals surface area contributed by atoms with Crippen LogP contribution in [0.5, 0.6) is 0 Å². The molecule has 0 fully saturated rings. The Bertz CT molecular complexity index is 786. The van der Waals surface area contributed by atoms with E-state index in [-0.39, 0.29) is 23.0 Å². The highest BCUT2D eigenvalue weighted by Crippen LogP contribution is 2.10. The van der Waals surface area contributed by atoms with E-state index < -0.39 is 9.84 Å². The maximum absolute atomic E-state index is 13.4. The Morgan fingerprint density at radius 2 is 1.74 bits per heavy atom. The van der Waals surface area contributed by atoms with Gasteiger partial charge in [0.25, 0.3) is 0 Å². The third-order valence-electron chi connectivity index (χ3n) is 3.40. The first kappa shape index (κ1) is 17.1. The van der Waals surface area contributed by atoms with Crippen molar-refractivity contribution in [3.05, 3.63) is 65.5 Å². The molecule has 122 valence electrons. The average Bonchev–Trinajstić information content (AvgIpc) is 2.49. The van der Waals surface area contributed by atoms with E-state index in [1.807, 2.05) is 0 Å². The van der Waals surface area contributed by atoms with Crippen LogP contribution >= 0.6 is 0 Å². The van der Waals surface area contributed by atoms with Crippen LogP contribution in [0.15, 0.2) is 53.4 Å². The second-order valence-corrected chi connectivity index (χ2v) is 7.30. The molecular weight excluding hydrogens is 317 g/mol. The summed E-state index contributed by atoms with van der Waals surface area (Å²) >= 11 is 0. The van der Waals surface area contributed by atoms with Crippen LogP contribution in [0.2, 0.25) is 0 Å². The molecule has 0 spiro atoms. The molecule has 0 aliphatic rings. The van der Waals surface area contributed by atoms with E-state index in [2.05, 4.69) is 5.32 Å². The van der Waals surface area contributed by atoms with Crippen LogP contribution in [-0.2, 0) is 27.5 Å². The largest absolute Gasteiger partial charge is 0.355 e. The summed E-state index contributed by atoms with van der Waals surface area (Å²) in [4.78, 5) is 12.1. The molecule has 0 radical (unpaired) electrons. The molecule has 1 N–H and O–H groups in total. The van der Waals surface area contributed by atoms with E-state index in [9.17, 15) is 17.6 Å². The van der Waals surface area contributed by atoms with Crippen LogP contribution in [0, 0.1) is 5.82 Å². The Morgan fingerprint density at radius 1 is 1.09 bits per heavy atom. The molecule has 0 aliphatic heterocycles. The van der Waals surface area contributed by atoms with Crippen molar-refractivity contribution in [3.8, 4) is 0 Å². The summed E-state index contributed by atoms with van der Waals surface area (Å²) in [6.45, 7) is 0.408. The first-order chi connectivity index (χ1) is 10.9. The molecule has 1 amide bonds. The van der Waals surface area contributed by atoms with Gasteiger partial charge in [0.2, 0.25) is 5.91 Å². The van der Waals surface area contributed by atoms with Crippen molar-refractivity contribution in [2.45, 2.75) is 17.7 Å². The van der Waals surface area contributed by atoms with Crippen molar-refractivity contribution in [2.24, 2.45) is 0 Å². The number of halogens is 1. The highest BCUT2D eigenvalue weighted by atomic mass is 32.2. The minimum Gasteiger partial charge on any atom is -0.355 e. The van der Waals surface area contributed by atoms with Gasteiger partial charge in [-0.3, -0.25) is 4.79 Å². The van der Waals surface area contributed by atoms with Crippen molar-refractivity contribution >= 4 is 15.7 Å². The maximum Gasteiger partial charge on any atom is 0.224 e. The smallest absolute Gasteiger partial charge is 0.224 e. The van der Waals surface area contributed by atoms with Crippen LogP contribution in [0.3, 0.4) is 0 Å². The Hall–Kier alpha value is -2.21. The van der Waals surface area contributed by atoms with Gasteiger partial charge in [0, 0.05) is 12.8 Å². The number of rotatable bonds is 6. The van der Waals surface area contributed by atoms with E-state index in [1.165, 1.54) is 6.07 Å². The lowest BCUT2D eigenvalue weighted by Gasteiger charge is -2.07. The van der Waals surface area contributed by atoms with Crippen molar-refractivity contribution in [2.75, 3.05) is 12.8 Å². The Kier molecular flexibility index (Phi) is 5.50. The first-order valence-corrected chi connectivity index (χ1v) is 9.04. The third kappa shape index (κ3) is 5.17. The quantitative estimate of drug-likeness (QED) is 0.880. The second kappa shape index (κ2) is 7.37. The minimum absolute atomic E-state index is 0.000308. The van der Waals surface area contributed by atoms with E-state index >= 15 is 0 Å². The molecule has 0 aliphatic carbocycles. The molecule has 0 bridgehead atoms. The maximum atomic E-state index is 13.4. The summed E-state index contributed by atoms with van der Waals surface area (Å²) in [7, 11) is -3.20. The fourth-order valence-electron chi connectivity index (χ4n) is 2.13. The zero-order valence-corrected chi connectivity index (χ0v) is 13.6. The van der Waals surface area contributed by atoms with Gasteiger partial charge in [-0.25, -0.2) is 12.8 Å². The van der Waals surface area contributed by atoms with E-state index in [4.69, 9.17) is 0 Å². The molecule has 0 heterocycles. The van der Waals surface area contributed by atoms with Crippen LogP contribution in [-0.4, -0.2) is 27.1 Å². The molecule has 0 aromatic heterocycles. The Labute approximate surface area is 135 Å². The zero-order chi connectivity index (χ0) is 16.9. The normalized spacial score (nSPS) is 11.2. The molecule has 0 saturated carbocycles. The number of amides is 1. The number of sulfone groups is 1. The number of hydrogen-bond donors (Lipinski definition) is 1. The van der Waals surface area contributed by atoms with Gasteiger partial charge in [-0.1, -0.05) is 30.3 Å². The van der Waals surface area contributed by atoms with E-state index in [0.29, 0.717) is 18.5 Å². The SMILES string of the molecule is CS(=O)(=O)c1ccc(CCNC(=O)Cc2ccccc2F)cc1. The van der Waals surface area contributed by atoms with Gasteiger partial charge in [0.05, 0.1) is 11.3 Å². The zero-order valence-electron chi connectivity index (χ0n) is 12.8. The van der Waals surface area contributed by atoms with Crippen LogP contribution in [0.1, 0.15) is 11.1 Å². The molecule has 0 unspecified atom stereocenters. The van der Waals surface area contributed by atoms with Gasteiger partial charge < -0.3 is 5.32 Å². The summed E-state index contributed by atoms with van der Waals surface area (Å²) < 4.78 is 36.2. The van der Waals surface area contributed by atoms with Crippen molar-refractivity contribution in [1.82, 2.24) is 5.32 Å². The van der Waals surface area contributed by atoms with Crippen LogP contribution in [0.25, 0.3) is 0 Å². The summed E-state index contributed by atoms with van der Waals surface area (Å²) in [6.07, 6.45) is 1.73. The van der Waals surface area contributed by atoms with Gasteiger partial charge in [0.15, 0.2) is 9.84 Å². The van der Waals surface area contributed by atoms with Gasteiger partial charge in [-0.15, -0.1) is 0 Å². The number of carbonyl (C=O) groups excluding carboxylic acids is 1. The fraction of sp³-hybridized carbons (Fsp3) is 0.235. The number of carbonyl (C=O) groups is 1. The fourth-order valence-corrected chi connectivity index (χ4v) is 2.76. The lowest BCUT2D eigenvalue weighted by atomic mass is 10.1. The standard InChI is InChI=1S/C17H18FNO3S/c1-23(21,22)15-8-6-13(7-9-15)10-11-19-17(20)12-14-4-2-3-5-16(14)18/h2-9H,10-12H2,1H3,(H,19,20). The monoisotopic (exact) mass is 335 g/mol. The first-order valence-electron chi connectivity index (χ1n) is 7.15. The highest BCUT2D eigenvalue weighted by molar-refractivity contribution is 7.90. The predicted molar refractivity (Wildman–Crippen MR) is 86.4 cm³/mol. The predicted octanol–water partition coefficient (Wildman–Crippen LogP) is 2.13. The van der Waals surface area contributed by atoms with E-state index in [0.717, 1.165) is 11.8 Å². The summed E-state index contributed by atoms with van der Waals surface area (Å²) in [6, 6.07) is 12.7.